The number of urea groups is 1. The minimum atomic E-state index is -0.152. The summed E-state index contributed by atoms with van der Waals surface area (Å²) in [6.45, 7) is 3.67. The first-order chi connectivity index (χ1) is 13.1. The number of carbonyl (C=O) groups excluding carboxylic acids is 2. The van der Waals surface area contributed by atoms with Gasteiger partial charge in [-0.25, -0.2) is 4.79 Å². The molecule has 0 unspecified atom stereocenters. The highest BCUT2D eigenvalue weighted by molar-refractivity contribution is 5.75. The minimum Gasteiger partial charge on any atom is -0.469 e. The molecule has 0 aliphatic carbocycles. The van der Waals surface area contributed by atoms with Crippen molar-refractivity contribution in [2.45, 2.75) is 44.6 Å². The van der Waals surface area contributed by atoms with Crippen LogP contribution in [0.4, 0.5) is 4.79 Å². The molecule has 2 aliphatic heterocycles. The van der Waals surface area contributed by atoms with E-state index in [0.29, 0.717) is 24.8 Å². The standard InChI is InChI=1S/C21H31N3O3/c1-27-20(25)14-16-6-10-23(11-7-16)21(26)24-12-8-19(9-13-24)18-4-2-17(15-22)3-5-18/h2-5,16,19H,6-15,22H2,1H3. The topological polar surface area (TPSA) is 75.9 Å². The Morgan fingerprint density at radius 1 is 1.00 bits per heavy atom. The van der Waals surface area contributed by atoms with Gasteiger partial charge in [0, 0.05) is 39.1 Å². The molecule has 2 N–H and O–H groups in total. The van der Waals surface area contributed by atoms with Crippen molar-refractivity contribution in [1.29, 1.82) is 0 Å². The molecule has 2 saturated heterocycles. The molecular formula is C21H31N3O3. The zero-order valence-electron chi connectivity index (χ0n) is 16.2. The van der Waals surface area contributed by atoms with Gasteiger partial charge in [-0.3, -0.25) is 4.79 Å². The quantitative estimate of drug-likeness (QED) is 0.824. The Labute approximate surface area is 161 Å². The number of likely N-dealkylation sites (tertiary alicyclic amines) is 2. The van der Waals surface area contributed by atoms with Crippen molar-refractivity contribution in [2.24, 2.45) is 11.7 Å². The van der Waals surface area contributed by atoms with Crippen LogP contribution in [0.5, 0.6) is 0 Å². The molecule has 2 heterocycles. The lowest BCUT2D eigenvalue weighted by Gasteiger charge is -2.38. The predicted octanol–water partition coefficient (Wildman–Crippen LogP) is 2.72. The molecule has 1 aromatic rings. The van der Waals surface area contributed by atoms with E-state index in [2.05, 4.69) is 24.3 Å². The van der Waals surface area contributed by atoms with Crippen LogP contribution >= 0.6 is 0 Å². The van der Waals surface area contributed by atoms with Crippen molar-refractivity contribution < 1.29 is 14.3 Å². The van der Waals surface area contributed by atoms with Crippen molar-refractivity contribution in [3.05, 3.63) is 35.4 Å². The van der Waals surface area contributed by atoms with Gasteiger partial charge >= 0.3 is 12.0 Å². The van der Waals surface area contributed by atoms with Gasteiger partial charge in [0.25, 0.3) is 0 Å². The summed E-state index contributed by atoms with van der Waals surface area (Å²) in [5.41, 5.74) is 8.17. The fraction of sp³-hybridized carbons (Fsp3) is 0.619. The fourth-order valence-corrected chi connectivity index (χ4v) is 4.18. The van der Waals surface area contributed by atoms with E-state index in [9.17, 15) is 9.59 Å². The number of esters is 1. The Hall–Kier alpha value is -2.08. The molecule has 148 valence electrons. The summed E-state index contributed by atoms with van der Waals surface area (Å²) in [4.78, 5) is 28.2. The van der Waals surface area contributed by atoms with E-state index >= 15 is 0 Å². The molecule has 1 aromatic carbocycles. The number of rotatable bonds is 4. The van der Waals surface area contributed by atoms with Gasteiger partial charge in [-0.15, -0.1) is 0 Å². The molecule has 2 aliphatic rings. The second-order valence-corrected chi connectivity index (χ2v) is 7.70. The largest absolute Gasteiger partial charge is 0.469 e. The van der Waals surface area contributed by atoms with Gasteiger partial charge in [0.15, 0.2) is 0 Å². The van der Waals surface area contributed by atoms with Gasteiger partial charge in [-0.05, 0) is 48.6 Å². The van der Waals surface area contributed by atoms with E-state index in [1.54, 1.807) is 0 Å². The molecule has 3 rings (SSSR count). The average Bonchev–Trinajstić information content (AvgIpc) is 2.74. The molecule has 2 amide bonds. The highest BCUT2D eigenvalue weighted by atomic mass is 16.5. The zero-order valence-corrected chi connectivity index (χ0v) is 16.2. The van der Waals surface area contributed by atoms with Crippen LogP contribution in [0.3, 0.4) is 0 Å². The van der Waals surface area contributed by atoms with E-state index in [4.69, 9.17) is 10.5 Å². The van der Waals surface area contributed by atoms with Crippen LogP contribution < -0.4 is 5.73 Å². The van der Waals surface area contributed by atoms with Crippen LogP contribution in [-0.2, 0) is 16.1 Å². The molecule has 2 fully saturated rings. The second-order valence-electron chi connectivity index (χ2n) is 7.70. The fourth-order valence-electron chi connectivity index (χ4n) is 4.18. The molecule has 0 spiro atoms. The predicted molar refractivity (Wildman–Crippen MR) is 104 cm³/mol. The van der Waals surface area contributed by atoms with Gasteiger partial charge in [-0.2, -0.15) is 0 Å². The number of piperidine rings is 2. The Morgan fingerprint density at radius 3 is 2.07 bits per heavy atom. The number of hydrogen-bond donors (Lipinski definition) is 1. The molecular weight excluding hydrogens is 342 g/mol. The summed E-state index contributed by atoms with van der Waals surface area (Å²) in [5, 5.41) is 0. The smallest absolute Gasteiger partial charge is 0.319 e. The Bertz CT molecular complexity index is 631. The van der Waals surface area contributed by atoms with E-state index in [0.717, 1.165) is 57.4 Å². The van der Waals surface area contributed by atoms with Crippen molar-refractivity contribution in [2.75, 3.05) is 33.3 Å². The van der Waals surface area contributed by atoms with Gasteiger partial charge in [0.2, 0.25) is 0 Å². The van der Waals surface area contributed by atoms with Crippen molar-refractivity contribution in [3.63, 3.8) is 0 Å². The van der Waals surface area contributed by atoms with Crippen LogP contribution in [0, 0.1) is 5.92 Å². The van der Waals surface area contributed by atoms with Crippen LogP contribution in [-0.4, -0.2) is 55.1 Å². The normalized spacial score (nSPS) is 19.2. The first-order valence-electron chi connectivity index (χ1n) is 10.00. The maximum absolute atomic E-state index is 12.8. The minimum absolute atomic E-state index is 0.152. The molecule has 0 radical (unpaired) electrons. The maximum atomic E-state index is 12.8. The van der Waals surface area contributed by atoms with Crippen molar-refractivity contribution in [3.8, 4) is 0 Å². The molecule has 0 atom stereocenters. The molecule has 0 bridgehead atoms. The summed E-state index contributed by atoms with van der Waals surface area (Å²) >= 11 is 0. The molecule has 6 heteroatoms. The van der Waals surface area contributed by atoms with E-state index in [-0.39, 0.29) is 12.0 Å². The molecule has 0 aromatic heterocycles. The molecule has 27 heavy (non-hydrogen) atoms. The van der Waals surface area contributed by atoms with Gasteiger partial charge in [0.05, 0.1) is 7.11 Å². The number of amides is 2. The van der Waals surface area contributed by atoms with Gasteiger partial charge in [0.1, 0.15) is 0 Å². The average molecular weight is 373 g/mol. The third-order valence-corrected chi connectivity index (χ3v) is 6.02. The Kier molecular flexibility index (Phi) is 6.72. The van der Waals surface area contributed by atoms with Crippen LogP contribution in [0.25, 0.3) is 0 Å². The maximum Gasteiger partial charge on any atom is 0.319 e. The highest BCUT2D eigenvalue weighted by Crippen LogP contribution is 2.29. The zero-order chi connectivity index (χ0) is 19.2. The Morgan fingerprint density at radius 2 is 1.56 bits per heavy atom. The first kappa shape index (κ1) is 19.7. The second kappa shape index (κ2) is 9.22. The monoisotopic (exact) mass is 373 g/mol. The first-order valence-corrected chi connectivity index (χ1v) is 10.00. The summed E-state index contributed by atoms with van der Waals surface area (Å²) in [6, 6.07) is 8.72. The summed E-state index contributed by atoms with van der Waals surface area (Å²) < 4.78 is 4.75. The van der Waals surface area contributed by atoms with Crippen LogP contribution in [0.2, 0.25) is 0 Å². The number of ether oxygens (including phenoxy) is 1. The number of nitrogens with zero attached hydrogens (tertiary/aromatic N) is 2. The summed E-state index contributed by atoms with van der Waals surface area (Å²) in [7, 11) is 1.43. The van der Waals surface area contributed by atoms with Crippen molar-refractivity contribution >= 4 is 12.0 Å². The number of benzene rings is 1. The molecule has 6 nitrogen and oxygen atoms in total. The number of carbonyl (C=O) groups is 2. The lowest BCUT2D eigenvalue weighted by molar-refractivity contribution is -0.142. The third-order valence-electron chi connectivity index (χ3n) is 6.02. The lowest BCUT2D eigenvalue weighted by atomic mass is 9.89. The lowest BCUT2D eigenvalue weighted by Crippen LogP contribution is -2.49. The highest BCUT2D eigenvalue weighted by Gasteiger charge is 2.30. The number of hydrogen-bond acceptors (Lipinski definition) is 4. The van der Waals surface area contributed by atoms with Gasteiger partial charge < -0.3 is 20.3 Å². The summed E-state index contributed by atoms with van der Waals surface area (Å²) in [5.74, 6) is 0.705. The van der Waals surface area contributed by atoms with Gasteiger partial charge in [-0.1, -0.05) is 24.3 Å². The number of nitrogens with two attached hydrogens (primary N) is 1. The van der Waals surface area contributed by atoms with E-state index < -0.39 is 0 Å². The van der Waals surface area contributed by atoms with E-state index in [1.807, 2.05) is 9.80 Å². The van der Waals surface area contributed by atoms with Crippen LogP contribution in [0.1, 0.15) is 49.1 Å². The van der Waals surface area contributed by atoms with E-state index in [1.165, 1.54) is 12.7 Å². The third kappa shape index (κ3) is 5.01. The van der Waals surface area contributed by atoms with Crippen molar-refractivity contribution in [1.82, 2.24) is 9.80 Å². The Balaban J connectivity index is 1.45. The van der Waals surface area contributed by atoms with Crippen LogP contribution in [0.15, 0.2) is 24.3 Å². The number of methoxy groups -OCH3 is 1. The molecule has 0 saturated carbocycles. The summed E-state index contributed by atoms with van der Waals surface area (Å²) in [6.07, 6.45) is 4.24. The SMILES string of the molecule is COC(=O)CC1CCN(C(=O)N2CCC(c3ccc(CN)cc3)CC2)CC1.